The third-order valence-electron chi connectivity index (χ3n) is 16.1. The van der Waals surface area contributed by atoms with Crippen molar-refractivity contribution in [1.29, 1.82) is 0 Å². The van der Waals surface area contributed by atoms with Crippen molar-refractivity contribution in [1.82, 2.24) is 35.1 Å². The molecule has 2 aliphatic heterocycles. The largest absolute Gasteiger partial charge is 0.453 e. The minimum Gasteiger partial charge on any atom is -0.453 e. The molecular formula is C54H63N7O4. The van der Waals surface area contributed by atoms with Crippen molar-refractivity contribution in [2.24, 2.45) is 11.8 Å². The van der Waals surface area contributed by atoms with E-state index >= 15 is 0 Å². The van der Waals surface area contributed by atoms with E-state index in [1.807, 2.05) is 31.1 Å². The molecule has 4 unspecified atom stereocenters. The highest BCUT2D eigenvalue weighted by Crippen LogP contribution is 2.62. The normalized spacial score (nSPS) is 24.4. The Labute approximate surface area is 382 Å². The first-order valence-corrected chi connectivity index (χ1v) is 24.6. The number of likely N-dealkylation sites (tertiary alicyclic amines) is 2. The average Bonchev–Trinajstić information content (AvgIpc) is 4.17. The Morgan fingerprint density at radius 1 is 0.646 bits per heavy atom. The standard InChI is InChI=1S/C54H63N7O4/c1-29(2)24-45(62)60-22-6-8-43(60)51-56-28-42(58-51)40-21-20-39(48-35-16-17-36(26-35)49(40)48)38-19-18-37(46-33-14-15-34(25-33)47(38)46)31-10-12-32(13-11-31)41-27-55-52(57-41)44-9-7-23-61(44)53(63)50(30(3)4)59-54(64)65-5/h10-13,18-21,27-30,33-36,43-44,50H,6-9,14-17,22-26H2,1-5H3,(H,55,57)(H,56,58)(H,59,64)/t33?,34?,35?,36?,43-,44-,50-/m0/s1. The predicted octanol–water partition coefficient (Wildman–Crippen LogP) is 11.3. The van der Waals surface area contributed by atoms with Gasteiger partial charge in [0.05, 0.1) is 43.0 Å². The first-order valence-electron chi connectivity index (χ1n) is 24.6. The van der Waals surface area contributed by atoms with Gasteiger partial charge in [0.15, 0.2) is 0 Å². The molecule has 4 aliphatic carbocycles. The van der Waals surface area contributed by atoms with Crippen LogP contribution in [-0.4, -0.2) is 73.9 Å². The van der Waals surface area contributed by atoms with Gasteiger partial charge in [-0.2, -0.15) is 0 Å². The highest BCUT2D eigenvalue weighted by atomic mass is 16.5. The lowest BCUT2D eigenvalue weighted by atomic mass is 9.77. The maximum Gasteiger partial charge on any atom is 0.407 e. The summed E-state index contributed by atoms with van der Waals surface area (Å²) in [5.41, 5.74) is 16.1. The molecule has 65 heavy (non-hydrogen) atoms. The molecule has 0 spiro atoms. The SMILES string of the molecule is COC(=O)N[C@H](C(=O)N1CCC[C@H]1c1ncc(-c2ccc(-c3ccc(-c4ccc(-c5cnc([C@@H]6CCCN6C(=O)CC(C)C)[nH]5)c5c4C4CCC5C4)c4c3C3CCC4C3)cc2)[nH]1)C(C)C. The summed E-state index contributed by atoms with van der Waals surface area (Å²) >= 11 is 0. The number of fused-ring (bicyclic) bond motifs is 10. The van der Waals surface area contributed by atoms with Gasteiger partial charge in [-0.3, -0.25) is 9.59 Å². The lowest BCUT2D eigenvalue weighted by molar-refractivity contribution is -0.135. The Bertz CT molecular complexity index is 2660. The van der Waals surface area contributed by atoms with Crippen LogP contribution in [0.15, 0.2) is 60.9 Å². The molecule has 11 nitrogen and oxygen atoms in total. The zero-order valence-electron chi connectivity index (χ0n) is 38.6. The number of imidazole rings is 2. The van der Waals surface area contributed by atoms with Gasteiger partial charge >= 0.3 is 6.09 Å². The van der Waals surface area contributed by atoms with Crippen molar-refractivity contribution in [3.8, 4) is 44.8 Å². The maximum absolute atomic E-state index is 13.7. The third kappa shape index (κ3) is 7.19. The molecule has 11 heteroatoms. The number of hydrogen-bond donors (Lipinski definition) is 3. The Balaban J connectivity index is 0.873. The molecule has 2 aromatic heterocycles. The van der Waals surface area contributed by atoms with Gasteiger partial charge in [-0.05, 0) is 150 Å². The first-order chi connectivity index (χ1) is 31.6. The van der Waals surface area contributed by atoms with E-state index in [4.69, 9.17) is 14.7 Å². The third-order valence-corrected chi connectivity index (χ3v) is 16.1. The number of alkyl carbamates (subject to hydrolysis) is 1. The summed E-state index contributed by atoms with van der Waals surface area (Å²) in [6.45, 7) is 9.53. The maximum atomic E-state index is 13.7. The summed E-state index contributed by atoms with van der Waals surface area (Å²) < 4.78 is 4.82. The minimum atomic E-state index is -0.670. The van der Waals surface area contributed by atoms with Gasteiger partial charge in [0.1, 0.15) is 17.7 Å². The number of H-pyrrole nitrogens is 2. The molecule has 4 bridgehead atoms. The highest BCUT2D eigenvalue weighted by molar-refractivity contribution is 5.87. The molecule has 3 amide bonds. The molecule has 0 radical (unpaired) electrons. The smallest absolute Gasteiger partial charge is 0.407 e. The number of carbonyl (C=O) groups is 3. The van der Waals surface area contributed by atoms with E-state index in [1.165, 1.54) is 79.0 Å². The minimum absolute atomic E-state index is 0.0271. The van der Waals surface area contributed by atoms with Crippen molar-refractivity contribution < 1.29 is 19.1 Å². The van der Waals surface area contributed by atoms with Gasteiger partial charge in [0.2, 0.25) is 11.8 Å². The first kappa shape index (κ1) is 42.0. The molecule has 6 aliphatic rings. The molecule has 11 rings (SSSR count). The predicted molar refractivity (Wildman–Crippen MR) is 252 cm³/mol. The molecule has 4 heterocycles. The fourth-order valence-electron chi connectivity index (χ4n) is 13.1. The van der Waals surface area contributed by atoms with Gasteiger partial charge in [-0.25, -0.2) is 14.8 Å². The van der Waals surface area contributed by atoms with E-state index in [2.05, 4.69) is 82.6 Å². The van der Waals surface area contributed by atoms with Crippen molar-refractivity contribution >= 4 is 17.9 Å². The van der Waals surface area contributed by atoms with E-state index in [9.17, 15) is 14.4 Å². The summed E-state index contributed by atoms with van der Waals surface area (Å²) in [4.78, 5) is 60.0. The number of nitrogens with zero attached hydrogens (tertiary/aromatic N) is 4. The fourth-order valence-corrected chi connectivity index (χ4v) is 13.1. The number of nitrogens with one attached hydrogen (secondary N) is 3. The highest BCUT2D eigenvalue weighted by Gasteiger charge is 2.45. The zero-order chi connectivity index (χ0) is 44.7. The second-order valence-corrected chi connectivity index (χ2v) is 20.7. The van der Waals surface area contributed by atoms with Crippen LogP contribution in [0.25, 0.3) is 44.8 Å². The van der Waals surface area contributed by atoms with E-state index < -0.39 is 12.1 Å². The Hall–Kier alpha value is -5.71. The number of aromatic amines is 2. The topological polar surface area (TPSA) is 136 Å². The number of benzene rings is 3. The second kappa shape index (κ2) is 16.6. The van der Waals surface area contributed by atoms with E-state index in [1.54, 1.807) is 16.7 Å². The van der Waals surface area contributed by atoms with Gasteiger partial charge in [-0.1, -0.05) is 76.2 Å². The quantitative estimate of drug-likeness (QED) is 0.121. The van der Waals surface area contributed by atoms with Crippen molar-refractivity contribution in [3.63, 3.8) is 0 Å². The molecule has 5 aromatic rings. The van der Waals surface area contributed by atoms with Crippen LogP contribution in [0.5, 0.6) is 0 Å². The van der Waals surface area contributed by atoms with Crippen LogP contribution in [0.4, 0.5) is 4.79 Å². The van der Waals surface area contributed by atoms with Crippen LogP contribution >= 0.6 is 0 Å². The summed E-state index contributed by atoms with van der Waals surface area (Å²) in [6.07, 6.45) is 15.1. The molecule has 3 N–H and O–H groups in total. The van der Waals surface area contributed by atoms with Crippen molar-refractivity contribution in [3.05, 3.63) is 94.8 Å². The van der Waals surface area contributed by atoms with Gasteiger partial charge in [-0.15, -0.1) is 0 Å². The Kier molecular flexibility index (Phi) is 10.7. The summed E-state index contributed by atoms with van der Waals surface area (Å²) in [7, 11) is 1.32. The lowest BCUT2D eigenvalue weighted by Gasteiger charge is -2.30. The van der Waals surface area contributed by atoms with Crippen molar-refractivity contribution in [2.45, 2.75) is 140 Å². The zero-order valence-corrected chi connectivity index (χ0v) is 38.6. The van der Waals surface area contributed by atoms with Crippen LogP contribution < -0.4 is 5.32 Å². The number of aromatic nitrogens is 4. The number of ether oxygens (including phenoxy) is 1. The number of methoxy groups -OCH3 is 1. The van der Waals surface area contributed by atoms with Crippen LogP contribution in [0, 0.1) is 11.8 Å². The van der Waals surface area contributed by atoms with Crippen LogP contribution in [0.2, 0.25) is 0 Å². The van der Waals surface area contributed by atoms with E-state index in [-0.39, 0.29) is 29.8 Å². The summed E-state index contributed by atoms with van der Waals surface area (Å²) in [5.74, 6) is 4.44. The van der Waals surface area contributed by atoms with Gasteiger partial charge in [0, 0.05) is 25.1 Å². The molecule has 4 fully saturated rings. The van der Waals surface area contributed by atoms with E-state index in [0.717, 1.165) is 60.8 Å². The molecule has 2 saturated carbocycles. The van der Waals surface area contributed by atoms with Gasteiger partial charge < -0.3 is 29.8 Å². The average molecular weight is 874 g/mol. The molecular weight excluding hydrogens is 811 g/mol. The Morgan fingerprint density at radius 3 is 1.72 bits per heavy atom. The van der Waals surface area contributed by atoms with Crippen molar-refractivity contribution in [2.75, 3.05) is 20.2 Å². The van der Waals surface area contributed by atoms with Crippen LogP contribution in [-0.2, 0) is 14.3 Å². The van der Waals surface area contributed by atoms with E-state index in [0.29, 0.717) is 42.6 Å². The van der Waals surface area contributed by atoms with Crippen LogP contribution in [0.3, 0.4) is 0 Å². The number of rotatable bonds is 11. The second-order valence-electron chi connectivity index (χ2n) is 20.7. The monoisotopic (exact) mass is 873 g/mol. The van der Waals surface area contributed by atoms with Crippen LogP contribution in [0.1, 0.15) is 168 Å². The lowest BCUT2D eigenvalue weighted by Crippen LogP contribution is -2.51. The molecule has 338 valence electrons. The molecule has 7 atom stereocenters. The molecule has 3 aromatic carbocycles. The fraction of sp³-hybridized carbons (Fsp3) is 0.500. The van der Waals surface area contributed by atoms with Gasteiger partial charge in [0.25, 0.3) is 0 Å². The number of carbonyl (C=O) groups excluding carboxylic acids is 3. The number of amides is 3. The Morgan fingerprint density at radius 2 is 1.14 bits per heavy atom. The molecule has 2 saturated heterocycles. The summed E-state index contributed by atoms with van der Waals surface area (Å²) in [5, 5.41) is 2.74. The summed E-state index contributed by atoms with van der Waals surface area (Å²) in [6, 6.07) is 17.8. The number of hydrogen-bond acceptors (Lipinski definition) is 6.